The molecule has 0 aliphatic carbocycles. The number of fused-ring (bicyclic) bond motifs is 2. The summed E-state index contributed by atoms with van der Waals surface area (Å²) < 4.78 is 5.62. The van der Waals surface area contributed by atoms with Crippen LogP contribution in [0.15, 0.2) is 60.7 Å². The molecule has 0 N–H and O–H groups in total. The summed E-state index contributed by atoms with van der Waals surface area (Å²) in [5.41, 5.74) is 2.73. The van der Waals surface area contributed by atoms with Gasteiger partial charge in [0.25, 0.3) is 0 Å². The Bertz CT molecular complexity index is 1110. The number of nitrogens with zero attached hydrogens (tertiary/aromatic N) is 1. The molecule has 0 amide bonds. The van der Waals surface area contributed by atoms with E-state index in [1.807, 2.05) is 30.3 Å². The van der Waals surface area contributed by atoms with Gasteiger partial charge in [0, 0.05) is 31.5 Å². The molecule has 4 heteroatoms. The Balaban J connectivity index is 1.25. The van der Waals surface area contributed by atoms with Crippen molar-refractivity contribution in [2.24, 2.45) is 0 Å². The Morgan fingerprint density at radius 3 is 2.77 bits per heavy atom. The number of ketones is 2. The molecule has 1 unspecified atom stereocenters. The maximum Gasteiger partial charge on any atom is 0.170 e. The number of carbonyl (C=O) groups is 2. The van der Waals surface area contributed by atoms with Crippen LogP contribution in [0, 0.1) is 0 Å². The number of hydrogen-bond donors (Lipinski definition) is 0. The van der Waals surface area contributed by atoms with E-state index in [0.29, 0.717) is 42.2 Å². The van der Waals surface area contributed by atoms with Crippen molar-refractivity contribution in [2.75, 3.05) is 26.2 Å². The molecule has 2 heterocycles. The first-order chi connectivity index (χ1) is 14.7. The summed E-state index contributed by atoms with van der Waals surface area (Å²) >= 11 is 0. The Kier molecular flexibility index (Phi) is 5.09. The predicted octanol–water partition coefficient (Wildman–Crippen LogP) is 4.87. The molecule has 1 fully saturated rings. The fourth-order valence-corrected chi connectivity index (χ4v) is 4.61. The maximum atomic E-state index is 12.8. The van der Waals surface area contributed by atoms with E-state index in [1.165, 1.54) is 5.56 Å². The van der Waals surface area contributed by atoms with Gasteiger partial charge < -0.3 is 9.64 Å². The maximum absolute atomic E-state index is 12.8. The van der Waals surface area contributed by atoms with Gasteiger partial charge in [0.1, 0.15) is 5.75 Å². The molecular formula is C26H25NO3. The Hall–Kier alpha value is -2.98. The highest BCUT2D eigenvalue weighted by atomic mass is 16.5. The van der Waals surface area contributed by atoms with E-state index in [-0.39, 0.29) is 11.6 Å². The van der Waals surface area contributed by atoms with Crippen molar-refractivity contribution in [3.63, 3.8) is 0 Å². The number of benzene rings is 3. The lowest BCUT2D eigenvalue weighted by Gasteiger charge is -2.17. The van der Waals surface area contributed by atoms with Crippen molar-refractivity contribution in [2.45, 2.75) is 25.2 Å². The van der Waals surface area contributed by atoms with Crippen LogP contribution in [-0.2, 0) is 0 Å². The highest BCUT2D eigenvalue weighted by Crippen LogP contribution is 2.31. The van der Waals surface area contributed by atoms with Crippen LogP contribution in [0.5, 0.6) is 5.75 Å². The van der Waals surface area contributed by atoms with Crippen molar-refractivity contribution in [1.29, 1.82) is 0 Å². The minimum Gasteiger partial charge on any atom is -0.492 e. The minimum atomic E-state index is 0.108. The van der Waals surface area contributed by atoms with Gasteiger partial charge >= 0.3 is 0 Å². The van der Waals surface area contributed by atoms with Crippen molar-refractivity contribution in [3.8, 4) is 5.75 Å². The fraction of sp³-hybridized carbons (Fsp3) is 0.308. The van der Waals surface area contributed by atoms with E-state index in [2.05, 4.69) is 35.2 Å². The standard InChI is InChI=1S/C26H25NO3/c28-24(9-12-27-11-8-21(17-27)18-4-2-1-3-5-18)20-7-6-19-16-26-23(15-22(19)14-20)25(29)10-13-30-26/h1-7,14-16,21H,8-13,17H2. The first-order valence-corrected chi connectivity index (χ1v) is 10.7. The molecule has 152 valence electrons. The molecule has 5 rings (SSSR count). The van der Waals surface area contributed by atoms with Crippen LogP contribution in [0.3, 0.4) is 0 Å². The Morgan fingerprint density at radius 1 is 1.03 bits per heavy atom. The van der Waals surface area contributed by atoms with E-state index >= 15 is 0 Å². The number of ether oxygens (including phenoxy) is 1. The van der Waals surface area contributed by atoms with E-state index < -0.39 is 0 Å². The number of likely N-dealkylation sites (tertiary alicyclic amines) is 1. The highest BCUT2D eigenvalue weighted by Gasteiger charge is 2.24. The third kappa shape index (κ3) is 3.75. The van der Waals surface area contributed by atoms with Crippen LogP contribution < -0.4 is 4.74 Å². The zero-order valence-electron chi connectivity index (χ0n) is 17.0. The Morgan fingerprint density at radius 2 is 1.90 bits per heavy atom. The highest BCUT2D eigenvalue weighted by molar-refractivity contribution is 6.05. The predicted molar refractivity (Wildman–Crippen MR) is 118 cm³/mol. The summed E-state index contributed by atoms with van der Waals surface area (Å²) in [6.07, 6.45) is 2.08. The molecule has 3 aromatic carbocycles. The molecule has 0 bridgehead atoms. The van der Waals surface area contributed by atoms with Crippen molar-refractivity contribution >= 4 is 22.3 Å². The third-order valence-electron chi connectivity index (χ3n) is 6.35. The number of hydrogen-bond acceptors (Lipinski definition) is 4. The summed E-state index contributed by atoms with van der Waals surface area (Å²) in [6, 6.07) is 20.2. The summed E-state index contributed by atoms with van der Waals surface area (Å²) in [6.45, 7) is 3.29. The largest absolute Gasteiger partial charge is 0.492 e. The summed E-state index contributed by atoms with van der Waals surface area (Å²) in [5, 5.41) is 1.91. The van der Waals surface area contributed by atoms with Crippen LogP contribution in [0.1, 0.15) is 51.5 Å². The first kappa shape index (κ1) is 19.0. The van der Waals surface area contributed by atoms with E-state index in [0.717, 1.165) is 36.8 Å². The van der Waals surface area contributed by atoms with Gasteiger partial charge in [-0.15, -0.1) is 0 Å². The van der Waals surface area contributed by atoms with Gasteiger partial charge in [-0.05, 0) is 53.4 Å². The van der Waals surface area contributed by atoms with Crippen LogP contribution in [0.2, 0.25) is 0 Å². The first-order valence-electron chi connectivity index (χ1n) is 10.7. The second kappa shape index (κ2) is 8.04. The monoisotopic (exact) mass is 399 g/mol. The topological polar surface area (TPSA) is 46.6 Å². The van der Waals surface area contributed by atoms with Gasteiger partial charge in [-0.25, -0.2) is 0 Å². The number of rotatable bonds is 5. The second-order valence-electron chi connectivity index (χ2n) is 8.30. The lowest BCUT2D eigenvalue weighted by molar-refractivity contribution is 0.0932. The second-order valence-corrected chi connectivity index (χ2v) is 8.30. The molecule has 1 atom stereocenters. The molecule has 2 aliphatic rings. The van der Waals surface area contributed by atoms with E-state index in [1.54, 1.807) is 0 Å². The molecule has 3 aromatic rings. The molecule has 0 spiro atoms. The normalized spacial score (nSPS) is 18.9. The van der Waals surface area contributed by atoms with Crippen LogP contribution in [0.4, 0.5) is 0 Å². The summed E-state index contributed by atoms with van der Waals surface area (Å²) in [4.78, 5) is 27.4. The average Bonchev–Trinajstić information content (AvgIpc) is 3.26. The van der Waals surface area contributed by atoms with Crippen LogP contribution in [-0.4, -0.2) is 42.7 Å². The zero-order chi connectivity index (χ0) is 20.5. The van der Waals surface area contributed by atoms with Crippen molar-refractivity contribution < 1.29 is 14.3 Å². The average molecular weight is 399 g/mol. The minimum absolute atomic E-state index is 0.108. The van der Waals surface area contributed by atoms with E-state index in [9.17, 15) is 9.59 Å². The fourth-order valence-electron chi connectivity index (χ4n) is 4.61. The van der Waals surface area contributed by atoms with Gasteiger partial charge in [-0.3, -0.25) is 9.59 Å². The smallest absolute Gasteiger partial charge is 0.170 e. The van der Waals surface area contributed by atoms with Gasteiger partial charge in [0.05, 0.1) is 12.2 Å². The van der Waals surface area contributed by atoms with Crippen LogP contribution >= 0.6 is 0 Å². The number of carbonyl (C=O) groups excluding carboxylic acids is 2. The molecule has 4 nitrogen and oxygen atoms in total. The summed E-state index contributed by atoms with van der Waals surface area (Å²) in [7, 11) is 0. The zero-order valence-corrected chi connectivity index (χ0v) is 17.0. The SMILES string of the molecule is O=C(CCN1CCC(c2ccccc2)C1)c1ccc2cc3c(cc2c1)C(=O)CCO3. The van der Waals surface area contributed by atoms with Crippen molar-refractivity contribution in [3.05, 3.63) is 77.4 Å². The van der Waals surface area contributed by atoms with Gasteiger partial charge in [-0.2, -0.15) is 0 Å². The van der Waals surface area contributed by atoms with Gasteiger partial charge in [0.15, 0.2) is 11.6 Å². The van der Waals surface area contributed by atoms with Gasteiger partial charge in [0.2, 0.25) is 0 Å². The third-order valence-corrected chi connectivity index (χ3v) is 6.35. The van der Waals surface area contributed by atoms with Gasteiger partial charge in [-0.1, -0.05) is 42.5 Å². The molecule has 0 saturated carbocycles. The quantitative estimate of drug-likeness (QED) is 0.575. The van der Waals surface area contributed by atoms with Crippen molar-refractivity contribution in [1.82, 2.24) is 4.90 Å². The molecule has 30 heavy (non-hydrogen) atoms. The number of Topliss-reactive ketones (excluding diaryl/α,β-unsaturated/α-hetero) is 2. The molecular weight excluding hydrogens is 374 g/mol. The molecule has 1 saturated heterocycles. The van der Waals surface area contributed by atoms with Crippen LogP contribution in [0.25, 0.3) is 10.8 Å². The molecule has 0 radical (unpaired) electrons. The molecule has 0 aromatic heterocycles. The lowest BCUT2D eigenvalue weighted by Crippen LogP contribution is -2.23. The molecule has 2 aliphatic heterocycles. The Labute approximate surface area is 176 Å². The van der Waals surface area contributed by atoms with E-state index in [4.69, 9.17) is 4.74 Å². The summed E-state index contributed by atoms with van der Waals surface area (Å²) in [5.74, 6) is 1.48. The lowest BCUT2D eigenvalue weighted by atomic mass is 9.97.